The van der Waals surface area contributed by atoms with Gasteiger partial charge in [0.1, 0.15) is 12.5 Å². The van der Waals surface area contributed by atoms with E-state index in [2.05, 4.69) is 5.32 Å². The summed E-state index contributed by atoms with van der Waals surface area (Å²) in [6.45, 7) is 10.3. The van der Waals surface area contributed by atoms with Gasteiger partial charge in [0.25, 0.3) is 0 Å². The highest BCUT2D eigenvalue weighted by molar-refractivity contribution is 4.78. The second-order valence-corrected chi connectivity index (χ2v) is 5.91. The summed E-state index contributed by atoms with van der Waals surface area (Å²) in [4.78, 5) is 0. The molecule has 0 aromatic heterocycles. The molecule has 2 saturated heterocycles. The van der Waals surface area contributed by atoms with E-state index in [0.29, 0.717) is 26.4 Å². The molecule has 17 heavy (non-hydrogen) atoms. The van der Waals surface area contributed by atoms with Crippen molar-refractivity contribution >= 4 is 0 Å². The van der Waals surface area contributed by atoms with E-state index in [1.165, 1.54) is 0 Å². The molecular weight excluding hydrogens is 222 g/mol. The first-order valence-corrected chi connectivity index (χ1v) is 6.14. The lowest BCUT2D eigenvalue weighted by Gasteiger charge is -2.39. The predicted octanol–water partition coefficient (Wildman–Crippen LogP) is 0.879. The maximum atomic E-state index is 5.68. The van der Waals surface area contributed by atoms with Crippen LogP contribution in [0, 0.1) is 0 Å². The van der Waals surface area contributed by atoms with Gasteiger partial charge in [0, 0.05) is 0 Å². The van der Waals surface area contributed by atoms with Gasteiger partial charge in [-0.15, -0.1) is 0 Å². The topological polar surface area (TPSA) is 49.0 Å². The van der Waals surface area contributed by atoms with Crippen molar-refractivity contribution in [1.82, 2.24) is 5.32 Å². The maximum absolute atomic E-state index is 5.68. The molecule has 2 heterocycles. The Morgan fingerprint density at radius 3 is 1.53 bits per heavy atom. The van der Waals surface area contributed by atoms with E-state index in [-0.39, 0.29) is 23.7 Å². The average molecular weight is 245 g/mol. The minimum atomic E-state index is -0.190. The SMILES string of the molecule is CC1(C)COC(NC2COC(C)(C)CO2)CO1. The number of ether oxygens (including phenoxy) is 4. The summed E-state index contributed by atoms with van der Waals surface area (Å²) in [5.74, 6) is 0. The van der Waals surface area contributed by atoms with Crippen LogP contribution in [0.3, 0.4) is 0 Å². The van der Waals surface area contributed by atoms with Crippen LogP contribution in [0.2, 0.25) is 0 Å². The van der Waals surface area contributed by atoms with E-state index >= 15 is 0 Å². The summed E-state index contributed by atoms with van der Waals surface area (Å²) in [6, 6.07) is 0. The summed E-state index contributed by atoms with van der Waals surface area (Å²) in [7, 11) is 0. The van der Waals surface area contributed by atoms with Gasteiger partial charge in [-0.2, -0.15) is 0 Å². The van der Waals surface area contributed by atoms with Gasteiger partial charge < -0.3 is 18.9 Å². The molecule has 5 nitrogen and oxygen atoms in total. The Morgan fingerprint density at radius 2 is 1.24 bits per heavy atom. The van der Waals surface area contributed by atoms with Crippen LogP contribution in [0.5, 0.6) is 0 Å². The van der Waals surface area contributed by atoms with Crippen LogP contribution in [0.25, 0.3) is 0 Å². The van der Waals surface area contributed by atoms with Gasteiger partial charge in [-0.25, -0.2) is 0 Å². The Morgan fingerprint density at radius 1 is 0.824 bits per heavy atom. The van der Waals surface area contributed by atoms with Crippen LogP contribution >= 0.6 is 0 Å². The van der Waals surface area contributed by atoms with Crippen molar-refractivity contribution in [3.8, 4) is 0 Å². The summed E-state index contributed by atoms with van der Waals surface area (Å²) >= 11 is 0. The largest absolute Gasteiger partial charge is 0.369 e. The maximum Gasteiger partial charge on any atom is 0.133 e. The summed E-state index contributed by atoms with van der Waals surface area (Å²) in [5, 5.41) is 3.24. The lowest BCUT2D eigenvalue weighted by atomic mass is 10.1. The quantitative estimate of drug-likeness (QED) is 0.782. The average Bonchev–Trinajstić information content (AvgIpc) is 2.24. The Balaban J connectivity index is 1.72. The van der Waals surface area contributed by atoms with Crippen LogP contribution < -0.4 is 5.32 Å². The normalized spacial score (nSPS) is 36.7. The van der Waals surface area contributed by atoms with Crippen molar-refractivity contribution < 1.29 is 18.9 Å². The number of nitrogens with one attached hydrogen (secondary N) is 1. The van der Waals surface area contributed by atoms with Gasteiger partial charge in [0.05, 0.1) is 37.6 Å². The van der Waals surface area contributed by atoms with Crippen LogP contribution in [-0.2, 0) is 18.9 Å². The zero-order valence-corrected chi connectivity index (χ0v) is 11.1. The highest BCUT2D eigenvalue weighted by atomic mass is 16.6. The van der Waals surface area contributed by atoms with E-state index in [1.807, 2.05) is 27.7 Å². The van der Waals surface area contributed by atoms with Gasteiger partial charge in [-0.05, 0) is 27.7 Å². The minimum Gasteiger partial charge on any atom is -0.369 e. The molecule has 0 amide bonds. The van der Waals surface area contributed by atoms with Gasteiger partial charge in [0.15, 0.2) is 0 Å². The first kappa shape index (κ1) is 13.2. The van der Waals surface area contributed by atoms with Crippen LogP contribution in [0.15, 0.2) is 0 Å². The van der Waals surface area contributed by atoms with E-state index in [1.54, 1.807) is 0 Å². The van der Waals surface area contributed by atoms with E-state index < -0.39 is 0 Å². The summed E-state index contributed by atoms with van der Waals surface area (Å²) in [6.07, 6.45) is -0.226. The molecule has 2 unspecified atom stereocenters. The van der Waals surface area contributed by atoms with Crippen molar-refractivity contribution in [1.29, 1.82) is 0 Å². The first-order valence-electron chi connectivity index (χ1n) is 6.14. The molecule has 0 bridgehead atoms. The zero-order chi connectivity index (χ0) is 12.5. The van der Waals surface area contributed by atoms with E-state index in [4.69, 9.17) is 18.9 Å². The molecule has 2 fully saturated rings. The Labute approximate surface area is 103 Å². The highest BCUT2D eigenvalue weighted by Gasteiger charge is 2.33. The number of hydrogen-bond donors (Lipinski definition) is 1. The summed E-state index contributed by atoms with van der Waals surface area (Å²) in [5.41, 5.74) is -0.381. The van der Waals surface area contributed by atoms with Gasteiger partial charge in [0.2, 0.25) is 0 Å². The number of hydrogen-bond acceptors (Lipinski definition) is 5. The molecule has 2 aliphatic heterocycles. The van der Waals surface area contributed by atoms with Crippen molar-refractivity contribution in [3.05, 3.63) is 0 Å². The van der Waals surface area contributed by atoms with Crippen molar-refractivity contribution in [2.75, 3.05) is 26.4 Å². The van der Waals surface area contributed by atoms with Gasteiger partial charge in [-0.1, -0.05) is 0 Å². The molecule has 2 aliphatic rings. The van der Waals surface area contributed by atoms with Crippen molar-refractivity contribution in [3.63, 3.8) is 0 Å². The van der Waals surface area contributed by atoms with Crippen LogP contribution in [0.4, 0.5) is 0 Å². The minimum absolute atomic E-state index is 0.113. The summed E-state index contributed by atoms with van der Waals surface area (Å²) < 4.78 is 22.7. The molecule has 1 N–H and O–H groups in total. The molecule has 5 heteroatoms. The Hall–Kier alpha value is -0.200. The van der Waals surface area contributed by atoms with Crippen LogP contribution in [0.1, 0.15) is 27.7 Å². The molecule has 100 valence electrons. The molecule has 2 rings (SSSR count). The fourth-order valence-corrected chi connectivity index (χ4v) is 1.78. The van der Waals surface area contributed by atoms with Gasteiger partial charge >= 0.3 is 0 Å². The highest BCUT2D eigenvalue weighted by Crippen LogP contribution is 2.19. The van der Waals surface area contributed by atoms with Crippen molar-refractivity contribution in [2.45, 2.75) is 51.4 Å². The lowest BCUT2D eigenvalue weighted by Crippen LogP contribution is -2.56. The number of rotatable bonds is 2. The molecule has 0 aromatic carbocycles. The Kier molecular flexibility index (Phi) is 3.75. The van der Waals surface area contributed by atoms with Crippen molar-refractivity contribution in [2.24, 2.45) is 0 Å². The molecule has 0 aliphatic carbocycles. The second kappa shape index (κ2) is 4.82. The lowest BCUT2D eigenvalue weighted by molar-refractivity contribution is -0.223. The molecule has 0 spiro atoms. The predicted molar refractivity (Wildman–Crippen MR) is 62.7 cm³/mol. The van der Waals surface area contributed by atoms with Crippen LogP contribution in [-0.4, -0.2) is 50.1 Å². The molecule has 0 radical (unpaired) electrons. The second-order valence-electron chi connectivity index (χ2n) is 5.91. The molecule has 0 aromatic rings. The Bertz CT molecular complexity index is 221. The first-order chi connectivity index (χ1) is 7.86. The van der Waals surface area contributed by atoms with E-state index in [9.17, 15) is 0 Å². The standard InChI is InChI=1S/C12H23NO4/c1-11(2)7-14-9(5-16-11)13-10-6-17-12(3,4)8-15-10/h9-10,13H,5-8H2,1-4H3. The molecular formula is C12H23NO4. The monoisotopic (exact) mass is 245 g/mol. The van der Waals surface area contributed by atoms with Gasteiger partial charge in [-0.3, -0.25) is 5.32 Å². The third-order valence-corrected chi connectivity index (χ3v) is 2.89. The van der Waals surface area contributed by atoms with E-state index in [0.717, 1.165) is 0 Å². The zero-order valence-electron chi connectivity index (χ0n) is 11.1. The third kappa shape index (κ3) is 3.89. The molecule has 0 saturated carbocycles. The molecule has 2 atom stereocenters. The smallest absolute Gasteiger partial charge is 0.133 e. The fraction of sp³-hybridized carbons (Fsp3) is 1.00. The third-order valence-electron chi connectivity index (χ3n) is 2.89. The fourth-order valence-electron chi connectivity index (χ4n) is 1.78.